The van der Waals surface area contributed by atoms with Gasteiger partial charge >= 0.3 is 5.97 Å². The van der Waals surface area contributed by atoms with E-state index in [9.17, 15) is 14.7 Å². The van der Waals surface area contributed by atoms with Crippen LogP contribution in [0.3, 0.4) is 0 Å². The Hall–Kier alpha value is -1.78. The second-order valence-corrected chi connectivity index (χ2v) is 4.82. The number of hydrogen-bond acceptors (Lipinski definition) is 2. The largest absolute Gasteiger partial charge is 0.481 e. The highest BCUT2D eigenvalue weighted by atomic mass is 16.4. The highest BCUT2D eigenvalue weighted by Crippen LogP contribution is 2.35. The van der Waals surface area contributed by atoms with Gasteiger partial charge in [0.2, 0.25) is 0 Å². The number of aliphatic carboxylic acids is 1. The van der Waals surface area contributed by atoms with Gasteiger partial charge in [0.05, 0.1) is 5.41 Å². The van der Waals surface area contributed by atoms with E-state index < -0.39 is 11.4 Å². The minimum atomic E-state index is -0.739. The fraction of sp³-hybridized carbons (Fsp3) is 0.538. The van der Waals surface area contributed by atoms with Crippen LogP contribution in [0.4, 0.5) is 0 Å². The lowest BCUT2D eigenvalue weighted by molar-refractivity contribution is -0.152. The molecule has 0 aliphatic carbocycles. The molecule has 0 aromatic carbocycles. The Morgan fingerprint density at radius 3 is 2.56 bits per heavy atom. The summed E-state index contributed by atoms with van der Waals surface area (Å²) >= 11 is 0. The van der Waals surface area contributed by atoms with Gasteiger partial charge in [0.1, 0.15) is 5.69 Å². The molecule has 18 heavy (non-hydrogen) atoms. The molecule has 0 spiro atoms. The lowest BCUT2D eigenvalue weighted by Crippen LogP contribution is -2.46. The minimum absolute atomic E-state index is 0.0462. The molecule has 2 rings (SSSR count). The molecule has 5 nitrogen and oxygen atoms in total. The number of carboxylic acids is 1. The van der Waals surface area contributed by atoms with Gasteiger partial charge in [-0.1, -0.05) is 6.92 Å². The van der Waals surface area contributed by atoms with Crippen molar-refractivity contribution in [3.63, 3.8) is 0 Å². The van der Waals surface area contributed by atoms with Crippen LogP contribution in [0.5, 0.6) is 0 Å². The van der Waals surface area contributed by atoms with Gasteiger partial charge in [0.25, 0.3) is 5.91 Å². The predicted octanol–water partition coefficient (Wildman–Crippen LogP) is 1.73. The molecule has 1 saturated heterocycles. The first-order valence-corrected chi connectivity index (χ1v) is 6.25. The molecule has 0 unspecified atom stereocenters. The van der Waals surface area contributed by atoms with Crippen LogP contribution >= 0.6 is 0 Å². The second-order valence-electron chi connectivity index (χ2n) is 4.82. The number of hydrogen-bond donors (Lipinski definition) is 2. The molecule has 1 aliphatic heterocycles. The van der Waals surface area contributed by atoms with Crippen molar-refractivity contribution >= 4 is 11.9 Å². The number of carboxylic acid groups (broad SMARTS) is 1. The molecule has 1 amide bonds. The summed E-state index contributed by atoms with van der Waals surface area (Å²) in [6.07, 6.45) is 3.40. The fourth-order valence-corrected chi connectivity index (χ4v) is 2.49. The highest BCUT2D eigenvalue weighted by molar-refractivity contribution is 5.92. The maximum Gasteiger partial charge on any atom is 0.309 e. The summed E-state index contributed by atoms with van der Waals surface area (Å²) in [6, 6.07) is 3.52. The number of nitrogens with zero attached hydrogens (tertiary/aromatic N) is 1. The smallest absolute Gasteiger partial charge is 0.309 e. The van der Waals surface area contributed by atoms with E-state index in [4.69, 9.17) is 0 Å². The van der Waals surface area contributed by atoms with Gasteiger partial charge < -0.3 is 15.0 Å². The SMILES string of the molecule is CCC1(C(=O)O)CCN(C(=O)c2ccc[nH]2)CC1. The number of aromatic nitrogens is 1. The van der Waals surface area contributed by atoms with Crippen LogP contribution in [0, 0.1) is 5.41 Å². The zero-order chi connectivity index (χ0) is 13.2. The van der Waals surface area contributed by atoms with Crippen LogP contribution in [0.25, 0.3) is 0 Å². The van der Waals surface area contributed by atoms with Crippen LogP contribution in [0.15, 0.2) is 18.3 Å². The predicted molar refractivity (Wildman–Crippen MR) is 66.3 cm³/mol. The number of nitrogens with one attached hydrogen (secondary N) is 1. The molecule has 2 N–H and O–H groups in total. The van der Waals surface area contributed by atoms with Gasteiger partial charge in [-0.2, -0.15) is 0 Å². The number of carbonyl (C=O) groups excluding carboxylic acids is 1. The van der Waals surface area contributed by atoms with E-state index in [1.54, 1.807) is 23.2 Å². The van der Waals surface area contributed by atoms with Crippen LogP contribution in [-0.4, -0.2) is 40.0 Å². The number of likely N-dealkylation sites (tertiary alicyclic amines) is 1. The number of piperidine rings is 1. The van der Waals surface area contributed by atoms with E-state index in [1.165, 1.54) is 0 Å². The maximum absolute atomic E-state index is 12.1. The normalized spacial score (nSPS) is 18.6. The van der Waals surface area contributed by atoms with Crippen molar-refractivity contribution in [1.82, 2.24) is 9.88 Å². The lowest BCUT2D eigenvalue weighted by Gasteiger charge is -2.38. The highest BCUT2D eigenvalue weighted by Gasteiger charge is 2.40. The first-order valence-electron chi connectivity index (χ1n) is 6.25. The Kier molecular flexibility index (Phi) is 3.41. The van der Waals surface area contributed by atoms with Crippen molar-refractivity contribution in [2.75, 3.05) is 13.1 Å². The van der Waals surface area contributed by atoms with Crippen molar-refractivity contribution in [2.45, 2.75) is 26.2 Å². The topological polar surface area (TPSA) is 73.4 Å². The van der Waals surface area contributed by atoms with E-state index >= 15 is 0 Å². The molecule has 5 heteroatoms. The summed E-state index contributed by atoms with van der Waals surface area (Å²) in [4.78, 5) is 28.0. The summed E-state index contributed by atoms with van der Waals surface area (Å²) in [5, 5.41) is 9.29. The standard InChI is InChI=1S/C13H18N2O3/c1-2-13(12(17)18)5-8-15(9-6-13)11(16)10-4-3-7-14-10/h3-4,7,14H,2,5-6,8-9H2,1H3,(H,17,18). The Morgan fingerprint density at radius 1 is 1.44 bits per heavy atom. The average Bonchev–Trinajstić information content (AvgIpc) is 2.91. The van der Waals surface area contributed by atoms with Crippen molar-refractivity contribution < 1.29 is 14.7 Å². The van der Waals surface area contributed by atoms with E-state index in [1.807, 2.05) is 6.92 Å². The molecule has 98 valence electrons. The average molecular weight is 250 g/mol. The number of amides is 1. The van der Waals surface area contributed by atoms with Gasteiger partial charge in [0, 0.05) is 19.3 Å². The number of carbonyl (C=O) groups is 2. The quantitative estimate of drug-likeness (QED) is 0.858. The molecule has 1 aromatic rings. The van der Waals surface area contributed by atoms with Crippen LogP contribution < -0.4 is 0 Å². The molecular formula is C13H18N2O3. The minimum Gasteiger partial charge on any atom is -0.481 e. The van der Waals surface area contributed by atoms with E-state index in [-0.39, 0.29) is 5.91 Å². The number of H-pyrrole nitrogens is 1. The first kappa shape index (κ1) is 12.7. The molecule has 1 aromatic heterocycles. The summed E-state index contributed by atoms with van der Waals surface area (Å²) in [5.74, 6) is -0.785. The van der Waals surface area contributed by atoms with Gasteiger partial charge in [-0.25, -0.2) is 0 Å². The zero-order valence-electron chi connectivity index (χ0n) is 10.5. The first-order chi connectivity index (χ1) is 8.59. The third-order valence-corrected chi connectivity index (χ3v) is 3.97. The third-order valence-electron chi connectivity index (χ3n) is 3.97. The summed E-state index contributed by atoms with van der Waals surface area (Å²) in [7, 11) is 0. The lowest BCUT2D eigenvalue weighted by atomic mass is 9.76. The Labute approximate surface area is 106 Å². The van der Waals surface area contributed by atoms with Crippen molar-refractivity contribution in [1.29, 1.82) is 0 Å². The van der Waals surface area contributed by atoms with E-state index in [2.05, 4.69) is 4.98 Å². The van der Waals surface area contributed by atoms with Crippen LogP contribution in [-0.2, 0) is 4.79 Å². The molecule has 0 saturated carbocycles. The van der Waals surface area contributed by atoms with Crippen molar-refractivity contribution in [3.05, 3.63) is 24.0 Å². The molecule has 0 bridgehead atoms. The maximum atomic E-state index is 12.1. The Morgan fingerprint density at radius 2 is 2.11 bits per heavy atom. The molecule has 2 heterocycles. The van der Waals surface area contributed by atoms with E-state index in [0.29, 0.717) is 38.0 Å². The van der Waals surface area contributed by atoms with Gasteiger partial charge in [-0.05, 0) is 31.4 Å². The molecule has 1 aliphatic rings. The van der Waals surface area contributed by atoms with Gasteiger partial charge in [-0.3, -0.25) is 9.59 Å². The summed E-state index contributed by atoms with van der Waals surface area (Å²) in [5.41, 5.74) is -0.0821. The Bertz CT molecular complexity index is 431. The van der Waals surface area contributed by atoms with Crippen LogP contribution in [0.2, 0.25) is 0 Å². The zero-order valence-corrected chi connectivity index (χ0v) is 10.5. The monoisotopic (exact) mass is 250 g/mol. The van der Waals surface area contributed by atoms with E-state index in [0.717, 1.165) is 0 Å². The molecule has 0 radical (unpaired) electrons. The molecule has 0 atom stereocenters. The summed E-state index contributed by atoms with van der Waals surface area (Å²) < 4.78 is 0. The second kappa shape index (κ2) is 4.84. The third kappa shape index (κ3) is 2.12. The van der Waals surface area contributed by atoms with Crippen molar-refractivity contribution in [3.8, 4) is 0 Å². The molecule has 1 fully saturated rings. The van der Waals surface area contributed by atoms with Crippen molar-refractivity contribution in [2.24, 2.45) is 5.41 Å². The number of rotatable bonds is 3. The Balaban J connectivity index is 2.02. The number of aromatic amines is 1. The molecular weight excluding hydrogens is 232 g/mol. The van der Waals surface area contributed by atoms with Crippen LogP contribution in [0.1, 0.15) is 36.7 Å². The van der Waals surface area contributed by atoms with Gasteiger partial charge in [0.15, 0.2) is 0 Å². The summed E-state index contributed by atoms with van der Waals surface area (Å²) in [6.45, 7) is 2.92. The fourth-order valence-electron chi connectivity index (χ4n) is 2.49. The van der Waals surface area contributed by atoms with Gasteiger partial charge in [-0.15, -0.1) is 0 Å².